The minimum absolute atomic E-state index is 0.0305. The first kappa shape index (κ1) is 10.4. The number of aliphatic carboxylic acids is 1. The second-order valence-electron chi connectivity index (χ2n) is 5.65. The van der Waals surface area contributed by atoms with Crippen molar-refractivity contribution < 1.29 is 18.7 Å². The van der Waals surface area contributed by atoms with Crippen molar-refractivity contribution >= 4 is 5.97 Å². The fourth-order valence-electron chi connectivity index (χ4n) is 4.25. The zero-order valence-electron chi connectivity index (χ0n) is 8.83. The molecular weight excluding hydrogens is 216 g/mol. The van der Waals surface area contributed by atoms with Crippen molar-refractivity contribution in [3.05, 3.63) is 0 Å². The lowest BCUT2D eigenvalue weighted by Crippen LogP contribution is -2.53. The highest BCUT2D eigenvalue weighted by molar-refractivity contribution is 5.68. The molecule has 0 spiro atoms. The largest absolute Gasteiger partial charge is 0.481 e. The van der Waals surface area contributed by atoms with E-state index in [0.29, 0.717) is 19.4 Å². The molecule has 0 aromatic rings. The number of alkyl halides is 2. The minimum atomic E-state index is -2.47. The van der Waals surface area contributed by atoms with Gasteiger partial charge in [0.25, 0.3) is 5.92 Å². The molecule has 3 N–H and O–H groups in total. The molecule has 5 atom stereocenters. The van der Waals surface area contributed by atoms with E-state index >= 15 is 0 Å². The highest BCUT2D eigenvalue weighted by Crippen LogP contribution is 2.77. The quantitative estimate of drug-likeness (QED) is 0.770. The van der Waals surface area contributed by atoms with Crippen LogP contribution in [0.2, 0.25) is 0 Å². The average molecular weight is 231 g/mol. The van der Waals surface area contributed by atoms with E-state index in [9.17, 15) is 13.6 Å². The van der Waals surface area contributed by atoms with Crippen LogP contribution < -0.4 is 5.73 Å². The standard InChI is InChI=1S/C11H15F2NO2/c12-11(13)7-1-6-5(9(7)11)2-10(6,4-14)3-8(15)16/h5-7,9H,1-4,14H2,(H,15,16)/t5-,6-,7?,9?,10-/m1/s1. The molecule has 0 bridgehead atoms. The first-order valence-electron chi connectivity index (χ1n) is 5.72. The summed E-state index contributed by atoms with van der Waals surface area (Å²) >= 11 is 0. The summed E-state index contributed by atoms with van der Waals surface area (Å²) in [5.74, 6) is -4.12. The number of carbonyl (C=O) groups is 1. The summed E-state index contributed by atoms with van der Waals surface area (Å²) in [6.07, 6.45) is 1.10. The Balaban J connectivity index is 1.74. The van der Waals surface area contributed by atoms with Crippen LogP contribution in [0.15, 0.2) is 0 Å². The Bertz CT molecular complexity index is 360. The van der Waals surface area contributed by atoms with E-state index in [0.717, 1.165) is 0 Å². The van der Waals surface area contributed by atoms with Gasteiger partial charge in [0.1, 0.15) is 0 Å². The highest BCUT2D eigenvalue weighted by atomic mass is 19.3. The molecule has 3 aliphatic carbocycles. The van der Waals surface area contributed by atoms with Gasteiger partial charge in [0.15, 0.2) is 0 Å². The zero-order chi connectivity index (χ0) is 11.7. The van der Waals surface area contributed by atoms with E-state index in [2.05, 4.69) is 0 Å². The lowest BCUT2D eigenvalue weighted by molar-refractivity contribution is -0.148. The van der Waals surface area contributed by atoms with Crippen LogP contribution in [0.25, 0.3) is 0 Å². The summed E-state index contributed by atoms with van der Waals surface area (Å²) in [5, 5.41) is 8.84. The number of nitrogens with two attached hydrogens (primary N) is 1. The number of carboxylic acid groups (broad SMARTS) is 1. The number of carboxylic acids is 1. The van der Waals surface area contributed by atoms with E-state index in [1.807, 2.05) is 0 Å². The Hall–Kier alpha value is -0.710. The Morgan fingerprint density at radius 1 is 1.44 bits per heavy atom. The van der Waals surface area contributed by atoms with Crippen LogP contribution in [-0.4, -0.2) is 23.5 Å². The van der Waals surface area contributed by atoms with Crippen LogP contribution in [0.1, 0.15) is 19.3 Å². The molecule has 3 nitrogen and oxygen atoms in total. The Morgan fingerprint density at radius 2 is 2.12 bits per heavy atom. The molecule has 5 heteroatoms. The van der Waals surface area contributed by atoms with Gasteiger partial charge in [-0.15, -0.1) is 0 Å². The molecule has 3 rings (SSSR count). The molecule has 2 unspecified atom stereocenters. The summed E-state index contributed by atoms with van der Waals surface area (Å²) in [7, 11) is 0. The second kappa shape index (κ2) is 2.75. The van der Waals surface area contributed by atoms with Crippen molar-refractivity contribution in [2.45, 2.75) is 25.2 Å². The molecule has 0 aromatic carbocycles. The van der Waals surface area contributed by atoms with Gasteiger partial charge >= 0.3 is 5.97 Å². The topological polar surface area (TPSA) is 63.3 Å². The number of hydrogen-bond acceptors (Lipinski definition) is 2. The Labute approximate surface area is 92.0 Å². The second-order valence-corrected chi connectivity index (χ2v) is 5.65. The molecule has 0 saturated heterocycles. The van der Waals surface area contributed by atoms with E-state index in [1.165, 1.54) is 0 Å². The molecule has 0 heterocycles. The van der Waals surface area contributed by atoms with E-state index in [4.69, 9.17) is 10.8 Å². The van der Waals surface area contributed by atoms with Crippen LogP contribution >= 0.6 is 0 Å². The van der Waals surface area contributed by atoms with Crippen LogP contribution in [0, 0.1) is 29.1 Å². The summed E-state index contributed by atoms with van der Waals surface area (Å²) in [6.45, 7) is 0.311. The summed E-state index contributed by atoms with van der Waals surface area (Å²) in [4.78, 5) is 10.8. The maximum absolute atomic E-state index is 13.2. The molecular formula is C11H15F2NO2. The van der Waals surface area contributed by atoms with Crippen molar-refractivity contribution in [2.24, 2.45) is 34.8 Å². The van der Waals surface area contributed by atoms with Gasteiger partial charge in [-0.1, -0.05) is 0 Å². The van der Waals surface area contributed by atoms with Gasteiger partial charge < -0.3 is 10.8 Å². The van der Waals surface area contributed by atoms with Crippen molar-refractivity contribution in [3.63, 3.8) is 0 Å². The predicted molar refractivity (Wildman–Crippen MR) is 51.9 cm³/mol. The van der Waals surface area contributed by atoms with Crippen LogP contribution in [0.3, 0.4) is 0 Å². The van der Waals surface area contributed by atoms with Gasteiger partial charge in [0, 0.05) is 11.8 Å². The molecule has 0 aromatic heterocycles. The molecule has 3 aliphatic rings. The molecule has 16 heavy (non-hydrogen) atoms. The fraction of sp³-hybridized carbons (Fsp3) is 0.909. The lowest BCUT2D eigenvalue weighted by Gasteiger charge is -2.53. The number of hydrogen-bond donors (Lipinski definition) is 2. The van der Waals surface area contributed by atoms with Gasteiger partial charge in [0.2, 0.25) is 0 Å². The van der Waals surface area contributed by atoms with E-state index in [-0.39, 0.29) is 23.7 Å². The van der Waals surface area contributed by atoms with E-state index < -0.39 is 23.7 Å². The van der Waals surface area contributed by atoms with Gasteiger partial charge in [-0.2, -0.15) is 0 Å². The number of halogens is 2. The maximum atomic E-state index is 13.2. The van der Waals surface area contributed by atoms with Crippen molar-refractivity contribution in [3.8, 4) is 0 Å². The summed E-state index contributed by atoms with van der Waals surface area (Å²) in [6, 6.07) is 0. The van der Waals surface area contributed by atoms with Crippen LogP contribution in [0.5, 0.6) is 0 Å². The van der Waals surface area contributed by atoms with E-state index in [1.54, 1.807) is 0 Å². The molecule has 3 saturated carbocycles. The average Bonchev–Trinajstić information content (AvgIpc) is 2.53. The first-order valence-corrected chi connectivity index (χ1v) is 5.72. The molecule has 90 valence electrons. The van der Waals surface area contributed by atoms with Gasteiger partial charge in [-0.05, 0) is 36.6 Å². The number of fused-ring (bicyclic) bond motifs is 3. The third kappa shape index (κ3) is 1.02. The van der Waals surface area contributed by atoms with Gasteiger partial charge in [-0.3, -0.25) is 4.79 Å². The van der Waals surface area contributed by atoms with Gasteiger partial charge in [0.05, 0.1) is 6.42 Å². The Morgan fingerprint density at radius 3 is 2.62 bits per heavy atom. The summed E-state index contributed by atoms with van der Waals surface area (Å²) < 4.78 is 26.3. The van der Waals surface area contributed by atoms with Crippen LogP contribution in [-0.2, 0) is 4.79 Å². The van der Waals surface area contributed by atoms with Gasteiger partial charge in [-0.25, -0.2) is 8.78 Å². The Kier molecular flexibility index (Phi) is 1.80. The molecule has 3 fully saturated rings. The van der Waals surface area contributed by atoms with Crippen molar-refractivity contribution in [1.82, 2.24) is 0 Å². The smallest absolute Gasteiger partial charge is 0.303 e. The predicted octanol–water partition coefficient (Wildman–Crippen LogP) is 1.33. The highest BCUT2D eigenvalue weighted by Gasteiger charge is 2.80. The summed E-state index contributed by atoms with van der Waals surface area (Å²) in [5.41, 5.74) is 5.26. The molecule has 0 radical (unpaired) electrons. The first-order chi connectivity index (χ1) is 7.42. The third-order valence-electron chi connectivity index (χ3n) is 5.09. The van der Waals surface area contributed by atoms with Crippen LogP contribution in [0.4, 0.5) is 8.78 Å². The zero-order valence-corrected chi connectivity index (χ0v) is 8.83. The third-order valence-corrected chi connectivity index (χ3v) is 5.09. The molecule has 0 amide bonds. The normalized spacial score (nSPS) is 51.4. The number of rotatable bonds is 3. The lowest BCUT2D eigenvalue weighted by atomic mass is 9.52. The monoisotopic (exact) mass is 231 g/mol. The SMILES string of the molecule is NC[C@]1(CC(=O)O)C[C@H]2C3C(C[C@H]21)C3(F)F. The molecule has 0 aliphatic heterocycles. The van der Waals surface area contributed by atoms with Crippen molar-refractivity contribution in [1.29, 1.82) is 0 Å². The maximum Gasteiger partial charge on any atom is 0.303 e. The fourth-order valence-corrected chi connectivity index (χ4v) is 4.25. The van der Waals surface area contributed by atoms with Crippen molar-refractivity contribution in [2.75, 3.05) is 6.54 Å². The minimum Gasteiger partial charge on any atom is -0.481 e.